The van der Waals surface area contributed by atoms with Gasteiger partial charge in [0.25, 0.3) is 0 Å². The van der Waals surface area contributed by atoms with E-state index in [1.807, 2.05) is 37.4 Å². The van der Waals surface area contributed by atoms with Crippen LogP contribution in [-0.2, 0) is 4.79 Å². The summed E-state index contributed by atoms with van der Waals surface area (Å²) in [4.78, 5) is 13.8. The third-order valence-electron chi connectivity index (χ3n) is 3.50. The third-order valence-corrected chi connectivity index (χ3v) is 4.14. The molecule has 0 aliphatic carbocycles. The second-order valence-electron chi connectivity index (χ2n) is 5.14. The van der Waals surface area contributed by atoms with Gasteiger partial charge in [-0.2, -0.15) is 11.8 Å². The lowest BCUT2D eigenvalue weighted by atomic mass is 10.1. The zero-order valence-electron chi connectivity index (χ0n) is 12.0. The van der Waals surface area contributed by atoms with Crippen molar-refractivity contribution in [1.82, 2.24) is 4.90 Å². The van der Waals surface area contributed by atoms with Crippen LogP contribution in [-0.4, -0.2) is 48.1 Å². The Morgan fingerprint density at radius 2 is 2.20 bits per heavy atom. The molecule has 1 amide bonds. The molecule has 1 fully saturated rings. The van der Waals surface area contributed by atoms with Crippen LogP contribution in [0, 0.1) is 6.92 Å². The van der Waals surface area contributed by atoms with E-state index in [-0.39, 0.29) is 18.1 Å². The Morgan fingerprint density at radius 1 is 1.50 bits per heavy atom. The Hall–Kier alpha value is -1.20. The number of nitrogens with zero attached hydrogens (tertiary/aromatic N) is 1. The average Bonchev–Trinajstić information content (AvgIpc) is 2.40. The number of ether oxygens (including phenoxy) is 1. The van der Waals surface area contributed by atoms with Crippen LogP contribution >= 0.6 is 11.8 Å². The van der Waals surface area contributed by atoms with Crippen LogP contribution in [0.1, 0.15) is 12.0 Å². The Kier molecular flexibility index (Phi) is 5.31. The molecule has 0 saturated carbocycles. The quantitative estimate of drug-likeness (QED) is 0.867. The molecule has 1 aromatic carbocycles. The average molecular weight is 294 g/mol. The number of carbonyl (C=O) groups is 1. The van der Waals surface area contributed by atoms with Crippen LogP contribution in [0.15, 0.2) is 24.3 Å². The van der Waals surface area contributed by atoms with Crippen molar-refractivity contribution in [3.63, 3.8) is 0 Å². The molecule has 0 spiro atoms. The lowest BCUT2D eigenvalue weighted by Crippen LogP contribution is -2.59. The van der Waals surface area contributed by atoms with Gasteiger partial charge in [0, 0.05) is 0 Å². The summed E-state index contributed by atoms with van der Waals surface area (Å²) in [6, 6.07) is 7.56. The van der Waals surface area contributed by atoms with E-state index in [1.54, 1.807) is 16.7 Å². The smallest absolute Gasteiger partial charge is 0.239 e. The highest BCUT2D eigenvalue weighted by molar-refractivity contribution is 7.98. The molecule has 4 nitrogen and oxygen atoms in total. The first-order valence-corrected chi connectivity index (χ1v) is 8.26. The SMILES string of the molecule is CSCC[C@H](N)C(=O)N1CC(Oc2ccccc2C)C1. The molecular weight excluding hydrogens is 272 g/mol. The van der Waals surface area contributed by atoms with Crippen molar-refractivity contribution in [2.45, 2.75) is 25.5 Å². The minimum absolute atomic E-state index is 0.0451. The van der Waals surface area contributed by atoms with Crippen LogP contribution in [0.4, 0.5) is 0 Å². The fraction of sp³-hybridized carbons (Fsp3) is 0.533. The number of benzene rings is 1. The summed E-state index contributed by atoms with van der Waals surface area (Å²) >= 11 is 1.71. The number of hydrogen-bond donors (Lipinski definition) is 1. The molecule has 0 bridgehead atoms. The summed E-state index contributed by atoms with van der Waals surface area (Å²) in [5.74, 6) is 1.86. The molecule has 1 atom stereocenters. The Bertz CT molecular complexity index is 461. The first-order valence-electron chi connectivity index (χ1n) is 6.87. The van der Waals surface area contributed by atoms with Gasteiger partial charge in [-0.15, -0.1) is 0 Å². The van der Waals surface area contributed by atoms with E-state index in [0.717, 1.165) is 23.5 Å². The largest absolute Gasteiger partial charge is 0.486 e. The van der Waals surface area contributed by atoms with Crippen molar-refractivity contribution < 1.29 is 9.53 Å². The molecule has 0 aromatic heterocycles. The highest BCUT2D eigenvalue weighted by Gasteiger charge is 2.34. The van der Waals surface area contributed by atoms with Gasteiger partial charge < -0.3 is 15.4 Å². The zero-order valence-corrected chi connectivity index (χ0v) is 12.9. The van der Waals surface area contributed by atoms with Gasteiger partial charge in [-0.05, 0) is 37.0 Å². The Labute approximate surface area is 124 Å². The standard InChI is InChI=1S/C15H22N2O2S/c1-11-5-3-4-6-14(11)19-12-9-17(10-12)15(18)13(16)7-8-20-2/h3-6,12-13H,7-10,16H2,1-2H3/t13-/m0/s1. The predicted octanol–water partition coefficient (Wildman–Crippen LogP) is 1.67. The first kappa shape index (κ1) is 15.2. The summed E-state index contributed by atoms with van der Waals surface area (Å²) in [5, 5.41) is 0. The number of likely N-dealkylation sites (tertiary alicyclic amines) is 1. The number of para-hydroxylation sites is 1. The zero-order chi connectivity index (χ0) is 14.5. The van der Waals surface area contributed by atoms with E-state index in [9.17, 15) is 4.79 Å². The molecule has 2 rings (SSSR count). The van der Waals surface area contributed by atoms with Gasteiger partial charge in [-0.3, -0.25) is 4.79 Å². The summed E-state index contributed by atoms with van der Waals surface area (Å²) in [6.07, 6.45) is 2.85. The molecule has 1 aromatic rings. The van der Waals surface area contributed by atoms with Crippen LogP contribution in [0.25, 0.3) is 0 Å². The Balaban J connectivity index is 1.77. The maximum absolute atomic E-state index is 12.0. The number of aryl methyl sites for hydroxylation is 1. The number of carbonyl (C=O) groups excluding carboxylic acids is 1. The summed E-state index contributed by atoms with van der Waals surface area (Å²) in [7, 11) is 0. The number of rotatable bonds is 6. The van der Waals surface area contributed by atoms with E-state index >= 15 is 0 Å². The second kappa shape index (κ2) is 6.99. The second-order valence-corrected chi connectivity index (χ2v) is 6.12. The van der Waals surface area contributed by atoms with Crippen molar-refractivity contribution in [3.05, 3.63) is 29.8 Å². The van der Waals surface area contributed by atoms with Gasteiger partial charge in [-0.1, -0.05) is 18.2 Å². The van der Waals surface area contributed by atoms with E-state index in [4.69, 9.17) is 10.5 Å². The lowest BCUT2D eigenvalue weighted by molar-refractivity contribution is -0.141. The summed E-state index contributed by atoms with van der Waals surface area (Å²) < 4.78 is 5.88. The number of thioether (sulfide) groups is 1. The van der Waals surface area contributed by atoms with Crippen LogP contribution in [0.5, 0.6) is 5.75 Å². The molecule has 110 valence electrons. The normalized spacial score (nSPS) is 16.6. The van der Waals surface area contributed by atoms with E-state index in [0.29, 0.717) is 13.1 Å². The molecule has 0 unspecified atom stereocenters. The third kappa shape index (κ3) is 3.67. The lowest BCUT2D eigenvalue weighted by Gasteiger charge is -2.40. The van der Waals surface area contributed by atoms with Crippen molar-refractivity contribution >= 4 is 17.7 Å². The van der Waals surface area contributed by atoms with Crippen molar-refractivity contribution in [2.24, 2.45) is 5.73 Å². The van der Waals surface area contributed by atoms with Gasteiger partial charge >= 0.3 is 0 Å². The molecule has 20 heavy (non-hydrogen) atoms. The Morgan fingerprint density at radius 3 is 2.85 bits per heavy atom. The molecule has 2 N–H and O–H groups in total. The summed E-state index contributed by atoms with van der Waals surface area (Å²) in [6.45, 7) is 3.30. The van der Waals surface area contributed by atoms with Gasteiger partial charge in [-0.25, -0.2) is 0 Å². The molecule has 1 aliphatic heterocycles. The molecular formula is C15H22N2O2S. The highest BCUT2D eigenvalue weighted by Crippen LogP contribution is 2.22. The minimum Gasteiger partial charge on any atom is -0.486 e. The molecule has 5 heteroatoms. The van der Waals surface area contributed by atoms with Gasteiger partial charge in [0.1, 0.15) is 11.9 Å². The molecule has 1 heterocycles. The topological polar surface area (TPSA) is 55.6 Å². The van der Waals surface area contributed by atoms with Crippen molar-refractivity contribution in [1.29, 1.82) is 0 Å². The molecule has 0 radical (unpaired) electrons. The van der Waals surface area contributed by atoms with E-state index < -0.39 is 0 Å². The number of nitrogens with two attached hydrogens (primary N) is 1. The van der Waals surface area contributed by atoms with Crippen molar-refractivity contribution in [2.75, 3.05) is 25.1 Å². The van der Waals surface area contributed by atoms with E-state index in [1.165, 1.54) is 0 Å². The van der Waals surface area contributed by atoms with Crippen LogP contribution < -0.4 is 10.5 Å². The maximum atomic E-state index is 12.0. The molecule has 1 aliphatic rings. The minimum atomic E-state index is -0.373. The fourth-order valence-corrected chi connectivity index (χ4v) is 2.65. The number of hydrogen-bond acceptors (Lipinski definition) is 4. The van der Waals surface area contributed by atoms with Crippen LogP contribution in [0.3, 0.4) is 0 Å². The van der Waals surface area contributed by atoms with E-state index in [2.05, 4.69) is 0 Å². The van der Waals surface area contributed by atoms with Gasteiger partial charge in [0.2, 0.25) is 5.91 Å². The number of amides is 1. The fourth-order valence-electron chi connectivity index (χ4n) is 2.16. The molecule has 1 saturated heterocycles. The predicted molar refractivity (Wildman–Crippen MR) is 83.1 cm³/mol. The van der Waals surface area contributed by atoms with Crippen LogP contribution in [0.2, 0.25) is 0 Å². The summed E-state index contributed by atoms with van der Waals surface area (Å²) in [5.41, 5.74) is 7.01. The highest BCUT2D eigenvalue weighted by atomic mass is 32.2. The van der Waals surface area contributed by atoms with Gasteiger partial charge in [0.05, 0.1) is 19.1 Å². The monoisotopic (exact) mass is 294 g/mol. The first-order chi connectivity index (χ1) is 9.61. The van der Waals surface area contributed by atoms with Gasteiger partial charge in [0.15, 0.2) is 0 Å². The maximum Gasteiger partial charge on any atom is 0.239 e. The van der Waals surface area contributed by atoms with Crippen molar-refractivity contribution in [3.8, 4) is 5.75 Å².